The lowest BCUT2D eigenvalue weighted by Crippen LogP contribution is -2.14. The summed E-state index contributed by atoms with van der Waals surface area (Å²) in [4.78, 5) is 11.3. The third-order valence-corrected chi connectivity index (χ3v) is 5.52. The summed E-state index contributed by atoms with van der Waals surface area (Å²) in [5.74, 6) is -1.65. The van der Waals surface area contributed by atoms with Crippen molar-refractivity contribution in [3.05, 3.63) is 83.1 Å². The molecule has 0 spiro atoms. The molecule has 0 unspecified atom stereocenters. The van der Waals surface area contributed by atoms with E-state index in [1.165, 1.54) is 48.5 Å². The first-order valence-corrected chi connectivity index (χ1v) is 10.7. The molecule has 0 aliphatic heterocycles. The number of rotatable bonds is 7. The summed E-state index contributed by atoms with van der Waals surface area (Å²) >= 11 is 5.91. The SMILES string of the molecule is CCOC(=O)c1ccc(NS(=O)(=O)c2cccc(F)c2Oc2cccc(Cl)c2)cc1. The molecule has 0 saturated heterocycles. The number of hydrogen-bond donors (Lipinski definition) is 1. The molecule has 30 heavy (non-hydrogen) atoms. The summed E-state index contributed by atoms with van der Waals surface area (Å²) in [5.41, 5.74) is 0.455. The van der Waals surface area contributed by atoms with Gasteiger partial charge in [-0.3, -0.25) is 4.72 Å². The lowest BCUT2D eigenvalue weighted by Gasteiger charge is -2.14. The number of anilines is 1. The lowest BCUT2D eigenvalue weighted by molar-refractivity contribution is 0.0526. The number of halogens is 2. The molecule has 1 N–H and O–H groups in total. The normalized spacial score (nSPS) is 11.0. The Labute approximate surface area is 178 Å². The van der Waals surface area contributed by atoms with E-state index < -0.39 is 32.5 Å². The maximum Gasteiger partial charge on any atom is 0.338 e. The zero-order valence-electron chi connectivity index (χ0n) is 15.8. The van der Waals surface area contributed by atoms with Crippen molar-refractivity contribution < 1.29 is 27.1 Å². The second-order valence-corrected chi connectivity index (χ2v) is 8.12. The molecule has 0 radical (unpaired) electrons. The van der Waals surface area contributed by atoms with Gasteiger partial charge in [-0.2, -0.15) is 0 Å². The van der Waals surface area contributed by atoms with E-state index in [-0.39, 0.29) is 23.6 Å². The Morgan fingerprint density at radius 3 is 2.43 bits per heavy atom. The molecule has 3 aromatic carbocycles. The van der Waals surface area contributed by atoms with Crippen molar-refractivity contribution in [2.45, 2.75) is 11.8 Å². The van der Waals surface area contributed by atoms with Crippen LogP contribution in [0, 0.1) is 5.82 Å². The molecule has 0 heterocycles. The monoisotopic (exact) mass is 449 g/mol. The first-order chi connectivity index (χ1) is 14.3. The maximum absolute atomic E-state index is 14.4. The van der Waals surface area contributed by atoms with Crippen LogP contribution in [0.25, 0.3) is 0 Å². The minimum absolute atomic E-state index is 0.181. The Morgan fingerprint density at radius 1 is 1.07 bits per heavy atom. The highest BCUT2D eigenvalue weighted by molar-refractivity contribution is 7.92. The van der Waals surface area contributed by atoms with Gasteiger partial charge in [-0.25, -0.2) is 17.6 Å². The van der Waals surface area contributed by atoms with Crippen molar-refractivity contribution in [3.63, 3.8) is 0 Å². The summed E-state index contributed by atoms with van der Waals surface area (Å²) in [6, 6.07) is 15.4. The van der Waals surface area contributed by atoms with Crippen molar-refractivity contribution >= 4 is 33.3 Å². The molecular formula is C21H17ClFNO5S. The van der Waals surface area contributed by atoms with Crippen LogP contribution in [0.1, 0.15) is 17.3 Å². The summed E-state index contributed by atoms with van der Waals surface area (Å²) in [5, 5.41) is 0.355. The third-order valence-electron chi connectivity index (χ3n) is 3.88. The van der Waals surface area contributed by atoms with Gasteiger partial charge in [0.15, 0.2) is 11.6 Å². The Kier molecular flexibility index (Phi) is 6.59. The van der Waals surface area contributed by atoms with Crippen LogP contribution in [-0.4, -0.2) is 21.0 Å². The fraction of sp³-hybridized carbons (Fsp3) is 0.0952. The van der Waals surface area contributed by atoms with Crippen LogP contribution in [0.3, 0.4) is 0 Å². The van der Waals surface area contributed by atoms with Gasteiger partial charge in [0.2, 0.25) is 0 Å². The van der Waals surface area contributed by atoms with Crippen molar-refractivity contribution in [3.8, 4) is 11.5 Å². The number of para-hydroxylation sites is 1. The molecule has 0 aliphatic rings. The van der Waals surface area contributed by atoms with Crippen molar-refractivity contribution in [1.29, 1.82) is 0 Å². The van der Waals surface area contributed by atoms with Crippen LogP contribution in [0.15, 0.2) is 71.6 Å². The Hall–Kier alpha value is -3.10. The van der Waals surface area contributed by atoms with Gasteiger partial charge in [0.1, 0.15) is 10.6 Å². The average molecular weight is 450 g/mol. The van der Waals surface area contributed by atoms with E-state index in [9.17, 15) is 17.6 Å². The van der Waals surface area contributed by atoms with Gasteiger partial charge in [0.05, 0.1) is 12.2 Å². The second kappa shape index (κ2) is 9.15. The number of ether oxygens (including phenoxy) is 2. The number of carbonyl (C=O) groups excluding carboxylic acids is 1. The number of hydrogen-bond acceptors (Lipinski definition) is 5. The van der Waals surface area contributed by atoms with Crippen molar-refractivity contribution in [2.75, 3.05) is 11.3 Å². The first-order valence-electron chi connectivity index (χ1n) is 8.82. The van der Waals surface area contributed by atoms with Gasteiger partial charge < -0.3 is 9.47 Å². The molecule has 3 aromatic rings. The van der Waals surface area contributed by atoms with E-state index in [0.717, 1.165) is 6.07 Å². The quantitative estimate of drug-likeness (QED) is 0.498. The van der Waals surface area contributed by atoms with E-state index in [0.29, 0.717) is 5.02 Å². The Bertz CT molecular complexity index is 1170. The van der Waals surface area contributed by atoms with Crippen molar-refractivity contribution in [2.24, 2.45) is 0 Å². The topological polar surface area (TPSA) is 81.7 Å². The maximum atomic E-state index is 14.4. The molecule has 0 bridgehead atoms. The average Bonchev–Trinajstić information content (AvgIpc) is 2.70. The van der Waals surface area contributed by atoms with Gasteiger partial charge in [-0.05, 0) is 61.5 Å². The molecule has 0 aliphatic carbocycles. The molecule has 0 atom stereocenters. The second-order valence-electron chi connectivity index (χ2n) is 6.03. The molecule has 0 saturated carbocycles. The third kappa shape index (κ3) is 5.08. The lowest BCUT2D eigenvalue weighted by atomic mass is 10.2. The van der Waals surface area contributed by atoms with Crippen LogP contribution in [0.2, 0.25) is 5.02 Å². The summed E-state index contributed by atoms with van der Waals surface area (Å²) in [7, 11) is -4.20. The fourth-order valence-corrected chi connectivity index (χ4v) is 3.92. The summed E-state index contributed by atoms with van der Waals surface area (Å²) in [6.45, 7) is 1.91. The van der Waals surface area contributed by atoms with Crippen LogP contribution < -0.4 is 9.46 Å². The molecule has 156 valence electrons. The van der Waals surface area contributed by atoms with E-state index >= 15 is 0 Å². The van der Waals surface area contributed by atoms with Gasteiger partial charge in [0.25, 0.3) is 10.0 Å². The molecular weight excluding hydrogens is 433 g/mol. The van der Waals surface area contributed by atoms with E-state index in [1.807, 2.05) is 0 Å². The number of carbonyl (C=O) groups is 1. The summed E-state index contributed by atoms with van der Waals surface area (Å²) in [6.07, 6.45) is 0. The molecule has 0 aromatic heterocycles. The molecule has 3 rings (SSSR count). The number of nitrogens with one attached hydrogen (secondary N) is 1. The smallest absolute Gasteiger partial charge is 0.338 e. The van der Waals surface area contributed by atoms with Crippen LogP contribution >= 0.6 is 11.6 Å². The minimum Gasteiger partial charge on any atom is -0.462 e. The molecule has 6 nitrogen and oxygen atoms in total. The molecule has 0 amide bonds. The highest BCUT2D eigenvalue weighted by Crippen LogP contribution is 2.33. The fourth-order valence-electron chi connectivity index (χ4n) is 2.55. The Morgan fingerprint density at radius 2 is 1.77 bits per heavy atom. The van der Waals surface area contributed by atoms with E-state index in [1.54, 1.807) is 19.1 Å². The van der Waals surface area contributed by atoms with Crippen LogP contribution in [-0.2, 0) is 14.8 Å². The standard InChI is InChI=1S/C21H17ClFNO5S/c1-2-28-21(25)14-9-11-16(12-10-14)24-30(26,27)19-8-4-7-18(23)20(19)29-17-6-3-5-15(22)13-17/h3-13,24H,2H2,1H3. The highest BCUT2D eigenvalue weighted by atomic mass is 35.5. The zero-order valence-corrected chi connectivity index (χ0v) is 17.3. The predicted molar refractivity (Wildman–Crippen MR) is 111 cm³/mol. The number of benzene rings is 3. The minimum atomic E-state index is -4.20. The number of sulfonamides is 1. The zero-order chi connectivity index (χ0) is 21.7. The first kappa shape index (κ1) is 21.6. The largest absolute Gasteiger partial charge is 0.462 e. The van der Waals surface area contributed by atoms with E-state index in [2.05, 4.69) is 4.72 Å². The molecule has 9 heteroatoms. The molecule has 0 fully saturated rings. The van der Waals surface area contributed by atoms with Gasteiger partial charge in [-0.1, -0.05) is 23.7 Å². The van der Waals surface area contributed by atoms with Crippen LogP contribution in [0.4, 0.5) is 10.1 Å². The van der Waals surface area contributed by atoms with Gasteiger partial charge >= 0.3 is 5.97 Å². The summed E-state index contributed by atoms with van der Waals surface area (Å²) < 4.78 is 52.9. The van der Waals surface area contributed by atoms with E-state index in [4.69, 9.17) is 21.1 Å². The predicted octanol–water partition coefficient (Wildman–Crippen LogP) is 5.25. The number of esters is 1. The highest BCUT2D eigenvalue weighted by Gasteiger charge is 2.23. The van der Waals surface area contributed by atoms with Gasteiger partial charge in [0, 0.05) is 10.7 Å². The van der Waals surface area contributed by atoms with Crippen LogP contribution in [0.5, 0.6) is 11.5 Å². The Balaban J connectivity index is 1.89. The van der Waals surface area contributed by atoms with Gasteiger partial charge in [-0.15, -0.1) is 0 Å². The van der Waals surface area contributed by atoms with Crippen molar-refractivity contribution in [1.82, 2.24) is 0 Å².